The predicted molar refractivity (Wildman–Crippen MR) is 139 cm³/mol. The first-order chi connectivity index (χ1) is 16.5. The quantitative estimate of drug-likeness (QED) is 0.457. The summed E-state index contributed by atoms with van der Waals surface area (Å²) in [5.74, 6) is 2.98. The third kappa shape index (κ3) is 5.04. The number of para-hydroxylation sites is 1. The van der Waals surface area contributed by atoms with Crippen molar-refractivity contribution in [3.8, 4) is 23.0 Å². The van der Waals surface area contributed by atoms with E-state index in [1.807, 2.05) is 48.5 Å². The molecule has 0 radical (unpaired) electrons. The van der Waals surface area contributed by atoms with Crippen LogP contribution in [-0.4, -0.2) is 44.5 Å². The highest BCUT2D eigenvalue weighted by atomic mass is 32.1. The number of methoxy groups -OCH3 is 3. The molecular weight excluding hydrogens is 448 g/mol. The Balaban J connectivity index is 1.64. The van der Waals surface area contributed by atoms with Gasteiger partial charge in [-0.15, -0.1) is 0 Å². The van der Waals surface area contributed by atoms with Gasteiger partial charge in [-0.2, -0.15) is 0 Å². The first kappa shape index (κ1) is 23.7. The number of fused-ring (bicyclic) bond motifs is 1. The Morgan fingerprint density at radius 2 is 1.62 bits per heavy atom. The predicted octanol–water partition coefficient (Wildman–Crippen LogP) is 5.40. The van der Waals surface area contributed by atoms with Crippen molar-refractivity contribution in [1.82, 2.24) is 4.90 Å². The van der Waals surface area contributed by atoms with Crippen molar-refractivity contribution < 1.29 is 18.9 Å². The molecule has 0 aliphatic carbocycles. The van der Waals surface area contributed by atoms with E-state index in [0.717, 1.165) is 47.0 Å². The summed E-state index contributed by atoms with van der Waals surface area (Å²) in [6.45, 7) is 3.25. The van der Waals surface area contributed by atoms with Crippen molar-refractivity contribution in [2.75, 3.05) is 39.8 Å². The molecule has 1 aliphatic heterocycles. The summed E-state index contributed by atoms with van der Waals surface area (Å²) >= 11 is 5.88. The fourth-order valence-corrected chi connectivity index (χ4v) is 4.53. The van der Waals surface area contributed by atoms with Crippen molar-refractivity contribution in [3.63, 3.8) is 0 Å². The molecule has 0 fully saturated rings. The van der Waals surface area contributed by atoms with Crippen molar-refractivity contribution in [2.45, 2.75) is 19.4 Å². The Hall–Kier alpha value is -3.45. The first-order valence-electron chi connectivity index (χ1n) is 11.2. The molecule has 34 heavy (non-hydrogen) atoms. The van der Waals surface area contributed by atoms with Crippen LogP contribution in [0.2, 0.25) is 0 Å². The molecule has 0 unspecified atom stereocenters. The average Bonchev–Trinajstić information content (AvgIpc) is 2.87. The number of rotatable bonds is 7. The maximum absolute atomic E-state index is 6.23. The van der Waals surface area contributed by atoms with Gasteiger partial charge >= 0.3 is 0 Å². The van der Waals surface area contributed by atoms with E-state index in [0.29, 0.717) is 17.5 Å². The lowest BCUT2D eigenvalue weighted by Gasteiger charge is -2.39. The molecule has 0 spiro atoms. The standard InChI is InChI=1S/C27H30N2O4S/c1-18-7-5-6-8-23(18)28-27(34)29-14-13-19-15-25(31-3)26(32-4)16-22(19)24(29)17-33-21-11-9-20(30-2)10-12-21/h5-12,15-16,24H,13-14,17H2,1-4H3,(H,28,34)/t24-/m0/s1. The third-order valence-corrected chi connectivity index (χ3v) is 6.45. The molecule has 7 heteroatoms. The van der Waals surface area contributed by atoms with Gasteiger partial charge in [-0.25, -0.2) is 0 Å². The Bertz CT molecular complexity index is 1150. The molecule has 178 valence electrons. The number of aryl methyl sites for hydroxylation is 1. The molecule has 4 rings (SSSR count). The number of hydrogen-bond donors (Lipinski definition) is 1. The second-order valence-electron chi connectivity index (χ2n) is 8.10. The van der Waals surface area contributed by atoms with Gasteiger partial charge in [0.05, 0.1) is 27.4 Å². The number of anilines is 1. The van der Waals surface area contributed by atoms with Crippen LogP contribution in [0.5, 0.6) is 23.0 Å². The summed E-state index contributed by atoms with van der Waals surface area (Å²) in [6.07, 6.45) is 0.838. The van der Waals surface area contributed by atoms with Gasteiger partial charge in [0.1, 0.15) is 18.1 Å². The van der Waals surface area contributed by atoms with Gasteiger partial charge < -0.3 is 29.2 Å². The van der Waals surface area contributed by atoms with Gasteiger partial charge in [-0.3, -0.25) is 0 Å². The maximum atomic E-state index is 6.23. The van der Waals surface area contributed by atoms with Crippen molar-refractivity contribution in [3.05, 3.63) is 77.4 Å². The number of nitrogens with one attached hydrogen (secondary N) is 1. The van der Waals surface area contributed by atoms with Crippen LogP contribution in [0.3, 0.4) is 0 Å². The van der Waals surface area contributed by atoms with Gasteiger partial charge in [0.2, 0.25) is 0 Å². The molecule has 0 saturated heterocycles. The zero-order valence-corrected chi connectivity index (χ0v) is 20.8. The van der Waals surface area contributed by atoms with Gasteiger partial charge in [-0.05, 0) is 84.7 Å². The molecule has 3 aromatic rings. The van der Waals surface area contributed by atoms with E-state index in [9.17, 15) is 0 Å². The second-order valence-corrected chi connectivity index (χ2v) is 8.48. The summed E-state index contributed by atoms with van der Waals surface area (Å²) in [4.78, 5) is 2.19. The Morgan fingerprint density at radius 3 is 2.29 bits per heavy atom. The van der Waals surface area contributed by atoms with E-state index in [1.54, 1.807) is 21.3 Å². The van der Waals surface area contributed by atoms with Crippen LogP contribution in [-0.2, 0) is 6.42 Å². The SMILES string of the molecule is COc1ccc(OC[C@H]2c3cc(OC)c(OC)cc3CCN2C(=S)Nc2ccccc2C)cc1. The lowest BCUT2D eigenvalue weighted by atomic mass is 9.92. The molecule has 1 heterocycles. The van der Waals surface area contributed by atoms with E-state index in [2.05, 4.69) is 29.3 Å². The molecule has 0 bridgehead atoms. The summed E-state index contributed by atoms with van der Waals surface area (Å²) in [6, 6.07) is 19.7. The van der Waals surface area contributed by atoms with Gasteiger partial charge in [0.15, 0.2) is 16.6 Å². The summed E-state index contributed by atoms with van der Waals surface area (Å²) in [5.41, 5.74) is 4.46. The molecule has 0 aromatic heterocycles. The number of benzene rings is 3. The van der Waals surface area contributed by atoms with Crippen molar-refractivity contribution >= 4 is 23.0 Å². The molecule has 3 aromatic carbocycles. The highest BCUT2D eigenvalue weighted by molar-refractivity contribution is 7.80. The zero-order chi connectivity index (χ0) is 24.1. The fraction of sp³-hybridized carbons (Fsp3) is 0.296. The largest absolute Gasteiger partial charge is 0.497 e. The van der Waals surface area contributed by atoms with E-state index in [1.165, 1.54) is 5.56 Å². The Labute approximate surface area is 206 Å². The van der Waals surface area contributed by atoms with Crippen LogP contribution in [0.4, 0.5) is 5.69 Å². The number of thiocarbonyl (C=S) groups is 1. The number of hydrogen-bond acceptors (Lipinski definition) is 5. The van der Waals surface area contributed by atoms with Gasteiger partial charge in [-0.1, -0.05) is 18.2 Å². The minimum Gasteiger partial charge on any atom is -0.497 e. The second kappa shape index (κ2) is 10.7. The van der Waals surface area contributed by atoms with Crippen LogP contribution in [0.15, 0.2) is 60.7 Å². The van der Waals surface area contributed by atoms with Crippen LogP contribution in [0.1, 0.15) is 22.7 Å². The van der Waals surface area contributed by atoms with Crippen molar-refractivity contribution in [2.24, 2.45) is 0 Å². The van der Waals surface area contributed by atoms with E-state index >= 15 is 0 Å². The van der Waals surface area contributed by atoms with Crippen LogP contribution in [0, 0.1) is 6.92 Å². The van der Waals surface area contributed by atoms with Crippen molar-refractivity contribution in [1.29, 1.82) is 0 Å². The Morgan fingerprint density at radius 1 is 0.941 bits per heavy atom. The van der Waals surface area contributed by atoms with Crippen LogP contribution in [0.25, 0.3) is 0 Å². The highest BCUT2D eigenvalue weighted by Gasteiger charge is 2.31. The van der Waals surface area contributed by atoms with Crippen LogP contribution < -0.4 is 24.3 Å². The normalized spacial score (nSPS) is 14.7. The monoisotopic (exact) mass is 478 g/mol. The molecule has 1 aliphatic rings. The zero-order valence-electron chi connectivity index (χ0n) is 20.0. The third-order valence-electron chi connectivity index (χ3n) is 6.12. The Kier molecular flexibility index (Phi) is 7.43. The van der Waals surface area contributed by atoms with E-state index in [-0.39, 0.29) is 6.04 Å². The topological polar surface area (TPSA) is 52.2 Å². The highest BCUT2D eigenvalue weighted by Crippen LogP contribution is 2.39. The number of nitrogens with zero attached hydrogens (tertiary/aromatic N) is 1. The first-order valence-corrected chi connectivity index (χ1v) is 11.6. The summed E-state index contributed by atoms with van der Waals surface area (Å²) in [5, 5.41) is 4.10. The molecule has 1 atom stereocenters. The average molecular weight is 479 g/mol. The maximum Gasteiger partial charge on any atom is 0.174 e. The lowest BCUT2D eigenvalue weighted by Crippen LogP contribution is -2.44. The minimum atomic E-state index is -0.102. The number of ether oxygens (including phenoxy) is 4. The van der Waals surface area contributed by atoms with Gasteiger partial charge in [0, 0.05) is 12.2 Å². The van der Waals surface area contributed by atoms with E-state index < -0.39 is 0 Å². The van der Waals surface area contributed by atoms with Gasteiger partial charge in [0.25, 0.3) is 0 Å². The van der Waals surface area contributed by atoms with E-state index in [4.69, 9.17) is 31.2 Å². The van der Waals surface area contributed by atoms with Crippen LogP contribution >= 0.6 is 12.2 Å². The lowest BCUT2D eigenvalue weighted by molar-refractivity contribution is 0.190. The smallest absolute Gasteiger partial charge is 0.174 e. The fourth-order valence-electron chi connectivity index (χ4n) is 4.20. The summed E-state index contributed by atoms with van der Waals surface area (Å²) < 4.78 is 22.6. The molecule has 0 amide bonds. The molecule has 6 nitrogen and oxygen atoms in total. The molecule has 0 saturated carbocycles. The minimum absolute atomic E-state index is 0.102. The molecular formula is C27H30N2O4S. The summed E-state index contributed by atoms with van der Waals surface area (Å²) in [7, 11) is 4.96. The molecule has 1 N–H and O–H groups in total.